The average Bonchev–Trinajstić information content (AvgIpc) is 2.28. The third-order valence-corrected chi connectivity index (χ3v) is 4.39. The summed E-state index contributed by atoms with van der Waals surface area (Å²) in [5.41, 5.74) is -0.521. The molecule has 1 aliphatic rings. The Hall–Kier alpha value is -0.890. The molecule has 100 valence electrons. The van der Waals surface area contributed by atoms with Gasteiger partial charge < -0.3 is 5.11 Å². The molecule has 18 heavy (non-hydrogen) atoms. The van der Waals surface area contributed by atoms with Crippen LogP contribution in [0.15, 0.2) is 24.3 Å². The summed E-state index contributed by atoms with van der Waals surface area (Å²) in [7, 11) is 0. The van der Waals surface area contributed by atoms with Crippen LogP contribution in [0.2, 0.25) is 0 Å². The lowest BCUT2D eigenvalue weighted by molar-refractivity contribution is -0.0887. The fourth-order valence-electron chi connectivity index (χ4n) is 3.49. The maximum Gasteiger partial charge on any atom is 0.129 e. The average molecular weight is 250 g/mol. The Balaban J connectivity index is 2.44. The van der Waals surface area contributed by atoms with Crippen molar-refractivity contribution < 1.29 is 9.50 Å². The largest absolute Gasteiger partial charge is 0.385 e. The zero-order valence-electron chi connectivity index (χ0n) is 11.5. The van der Waals surface area contributed by atoms with Crippen molar-refractivity contribution >= 4 is 0 Å². The molecule has 1 saturated carbocycles. The van der Waals surface area contributed by atoms with Gasteiger partial charge in [-0.1, -0.05) is 45.4 Å². The monoisotopic (exact) mass is 250 g/mol. The molecule has 0 aromatic heterocycles. The van der Waals surface area contributed by atoms with E-state index in [0.29, 0.717) is 23.8 Å². The molecule has 0 amide bonds. The minimum Gasteiger partial charge on any atom is -0.385 e. The van der Waals surface area contributed by atoms with Crippen LogP contribution < -0.4 is 0 Å². The van der Waals surface area contributed by atoms with Gasteiger partial charge in [0.15, 0.2) is 0 Å². The van der Waals surface area contributed by atoms with E-state index in [1.165, 1.54) is 6.07 Å². The highest BCUT2D eigenvalue weighted by Gasteiger charge is 2.45. The van der Waals surface area contributed by atoms with Gasteiger partial charge in [-0.15, -0.1) is 0 Å². The molecule has 0 saturated heterocycles. The van der Waals surface area contributed by atoms with Gasteiger partial charge in [-0.3, -0.25) is 0 Å². The molecular weight excluding hydrogens is 227 g/mol. The summed E-state index contributed by atoms with van der Waals surface area (Å²) < 4.78 is 14.0. The van der Waals surface area contributed by atoms with E-state index in [4.69, 9.17) is 0 Å². The third-order valence-electron chi connectivity index (χ3n) is 4.39. The van der Waals surface area contributed by atoms with E-state index in [9.17, 15) is 9.50 Å². The second-order valence-electron chi connectivity index (χ2n) is 6.14. The normalized spacial score (nSPS) is 32.8. The Morgan fingerprint density at radius 2 is 1.94 bits per heavy atom. The van der Waals surface area contributed by atoms with E-state index in [-0.39, 0.29) is 11.7 Å². The number of halogens is 1. The number of benzene rings is 1. The van der Waals surface area contributed by atoms with E-state index in [2.05, 4.69) is 20.8 Å². The highest BCUT2D eigenvalue weighted by molar-refractivity contribution is 5.26. The van der Waals surface area contributed by atoms with Gasteiger partial charge in [-0.25, -0.2) is 4.39 Å². The van der Waals surface area contributed by atoms with E-state index in [0.717, 1.165) is 12.8 Å². The van der Waals surface area contributed by atoms with E-state index >= 15 is 0 Å². The van der Waals surface area contributed by atoms with E-state index in [1.807, 2.05) is 6.07 Å². The minimum atomic E-state index is -1.00. The van der Waals surface area contributed by atoms with Gasteiger partial charge in [0.25, 0.3) is 0 Å². The summed E-state index contributed by atoms with van der Waals surface area (Å²) in [5, 5.41) is 11.1. The molecule has 0 aliphatic heterocycles. The van der Waals surface area contributed by atoms with E-state index in [1.54, 1.807) is 12.1 Å². The van der Waals surface area contributed by atoms with Crippen LogP contribution in [-0.4, -0.2) is 5.11 Å². The number of aliphatic hydroxyl groups is 1. The summed E-state index contributed by atoms with van der Waals surface area (Å²) in [4.78, 5) is 0. The second-order valence-corrected chi connectivity index (χ2v) is 6.14. The molecule has 1 aromatic rings. The zero-order chi connectivity index (χ0) is 13.3. The molecule has 0 heterocycles. The van der Waals surface area contributed by atoms with Crippen LogP contribution in [0.1, 0.15) is 45.6 Å². The summed E-state index contributed by atoms with van der Waals surface area (Å²) in [6, 6.07) is 6.68. The van der Waals surface area contributed by atoms with Crippen LogP contribution >= 0.6 is 0 Å². The van der Waals surface area contributed by atoms with Gasteiger partial charge in [-0.05, 0) is 36.7 Å². The van der Waals surface area contributed by atoms with Crippen molar-refractivity contribution in [2.24, 2.45) is 17.8 Å². The Labute approximate surface area is 109 Å². The molecule has 1 fully saturated rings. The number of hydrogen-bond acceptors (Lipinski definition) is 1. The summed E-state index contributed by atoms with van der Waals surface area (Å²) >= 11 is 0. The molecule has 3 atom stereocenters. The summed E-state index contributed by atoms with van der Waals surface area (Å²) in [6.07, 6.45) is 2.76. The Kier molecular flexibility index (Phi) is 3.76. The maximum atomic E-state index is 14.0. The molecule has 2 heteroatoms. The minimum absolute atomic E-state index is 0.144. The van der Waals surface area contributed by atoms with Crippen LogP contribution in [0, 0.1) is 23.6 Å². The fourth-order valence-corrected chi connectivity index (χ4v) is 3.49. The Bertz CT molecular complexity index is 415. The van der Waals surface area contributed by atoms with Gasteiger partial charge >= 0.3 is 0 Å². The maximum absolute atomic E-state index is 14.0. The molecule has 0 radical (unpaired) electrons. The fraction of sp³-hybridized carbons (Fsp3) is 0.625. The van der Waals surface area contributed by atoms with Crippen LogP contribution in [0.25, 0.3) is 0 Å². The first-order valence-electron chi connectivity index (χ1n) is 6.92. The molecule has 0 bridgehead atoms. The molecule has 3 unspecified atom stereocenters. The first-order valence-corrected chi connectivity index (χ1v) is 6.92. The number of hydrogen-bond donors (Lipinski definition) is 1. The quantitative estimate of drug-likeness (QED) is 0.837. The van der Waals surface area contributed by atoms with Crippen molar-refractivity contribution in [1.29, 1.82) is 0 Å². The van der Waals surface area contributed by atoms with Crippen LogP contribution in [-0.2, 0) is 5.60 Å². The van der Waals surface area contributed by atoms with Crippen molar-refractivity contribution in [3.63, 3.8) is 0 Å². The van der Waals surface area contributed by atoms with Crippen molar-refractivity contribution in [2.45, 2.75) is 45.6 Å². The highest BCUT2D eigenvalue weighted by atomic mass is 19.1. The van der Waals surface area contributed by atoms with Crippen molar-refractivity contribution in [1.82, 2.24) is 0 Å². The first kappa shape index (κ1) is 13.5. The van der Waals surface area contributed by atoms with Crippen molar-refractivity contribution in [3.05, 3.63) is 35.6 Å². The number of rotatable bonds is 2. The predicted octanol–water partition coefficient (Wildman–Crippen LogP) is 4.11. The third kappa shape index (κ3) is 2.31. The lowest BCUT2D eigenvalue weighted by Gasteiger charge is -2.45. The van der Waals surface area contributed by atoms with Crippen molar-refractivity contribution in [2.75, 3.05) is 0 Å². The van der Waals surface area contributed by atoms with Crippen LogP contribution in [0.3, 0.4) is 0 Å². The van der Waals surface area contributed by atoms with Gasteiger partial charge in [-0.2, -0.15) is 0 Å². The SMILES string of the molecule is CC1CCC(C(C)C)C(O)(c2ccccc2F)C1. The molecule has 1 nitrogen and oxygen atoms in total. The topological polar surface area (TPSA) is 20.2 Å². The highest BCUT2D eigenvalue weighted by Crippen LogP contribution is 2.47. The lowest BCUT2D eigenvalue weighted by atomic mass is 9.64. The van der Waals surface area contributed by atoms with Crippen molar-refractivity contribution in [3.8, 4) is 0 Å². The second kappa shape index (κ2) is 5.00. The molecule has 1 aliphatic carbocycles. The lowest BCUT2D eigenvalue weighted by Crippen LogP contribution is -2.43. The molecule has 1 aromatic carbocycles. The van der Waals surface area contributed by atoms with Crippen LogP contribution in [0.5, 0.6) is 0 Å². The van der Waals surface area contributed by atoms with Gasteiger partial charge in [0.1, 0.15) is 5.82 Å². The van der Waals surface area contributed by atoms with Gasteiger partial charge in [0.05, 0.1) is 5.60 Å². The van der Waals surface area contributed by atoms with Crippen LogP contribution in [0.4, 0.5) is 4.39 Å². The molecular formula is C16H23FO. The summed E-state index contributed by atoms with van der Waals surface area (Å²) in [5.74, 6) is 0.678. The molecule has 2 rings (SSSR count). The predicted molar refractivity (Wildman–Crippen MR) is 71.6 cm³/mol. The van der Waals surface area contributed by atoms with Gasteiger partial charge in [0.2, 0.25) is 0 Å². The van der Waals surface area contributed by atoms with Gasteiger partial charge in [0, 0.05) is 5.56 Å². The molecule has 1 N–H and O–H groups in total. The first-order chi connectivity index (χ1) is 8.45. The smallest absolute Gasteiger partial charge is 0.129 e. The zero-order valence-corrected chi connectivity index (χ0v) is 11.5. The standard InChI is InChI=1S/C16H23FO/c1-11(2)13-9-8-12(3)10-16(13,18)14-6-4-5-7-15(14)17/h4-7,11-13,18H,8-10H2,1-3H3. The molecule has 0 spiro atoms. The summed E-state index contributed by atoms with van der Waals surface area (Å²) in [6.45, 7) is 6.38. The Morgan fingerprint density at radius 3 is 2.56 bits per heavy atom. The van der Waals surface area contributed by atoms with E-state index < -0.39 is 5.60 Å². The Morgan fingerprint density at radius 1 is 1.28 bits per heavy atom.